The van der Waals surface area contributed by atoms with Gasteiger partial charge in [-0.2, -0.15) is 0 Å². The van der Waals surface area contributed by atoms with Crippen molar-refractivity contribution in [2.45, 2.75) is 96.9 Å². The number of carbonyl (C=O) groups excluding carboxylic acids is 2. The van der Waals surface area contributed by atoms with Gasteiger partial charge in [0.15, 0.2) is 0 Å². The molecular formula is C29H43N3O4S. The third-order valence-electron chi connectivity index (χ3n) is 8.63. The van der Waals surface area contributed by atoms with Gasteiger partial charge < -0.3 is 5.32 Å². The van der Waals surface area contributed by atoms with Crippen LogP contribution in [0.4, 0.5) is 0 Å². The van der Waals surface area contributed by atoms with Crippen LogP contribution in [0.5, 0.6) is 0 Å². The number of sulfonamides is 1. The highest BCUT2D eigenvalue weighted by Crippen LogP contribution is 2.37. The van der Waals surface area contributed by atoms with Gasteiger partial charge in [0, 0.05) is 25.4 Å². The van der Waals surface area contributed by atoms with Crippen LogP contribution in [0.1, 0.15) is 88.3 Å². The fourth-order valence-electron chi connectivity index (χ4n) is 6.23. The highest BCUT2D eigenvalue weighted by atomic mass is 32.2. The number of nitrogens with zero attached hydrogens (tertiary/aromatic N) is 2. The predicted molar refractivity (Wildman–Crippen MR) is 147 cm³/mol. The van der Waals surface area contributed by atoms with Crippen LogP contribution >= 0.6 is 0 Å². The average molecular weight is 530 g/mol. The van der Waals surface area contributed by atoms with E-state index < -0.39 is 15.6 Å². The number of aliphatic imine (C=N–C) groups is 1. The summed E-state index contributed by atoms with van der Waals surface area (Å²) >= 11 is 0. The summed E-state index contributed by atoms with van der Waals surface area (Å²) in [6.07, 6.45) is 10.1. The molecule has 1 saturated carbocycles. The molecule has 0 aromatic heterocycles. The summed E-state index contributed by atoms with van der Waals surface area (Å²) in [5.74, 6) is 2.08. The minimum absolute atomic E-state index is 0.0366. The second-order valence-corrected chi connectivity index (χ2v) is 13.5. The van der Waals surface area contributed by atoms with E-state index in [-0.39, 0.29) is 17.4 Å². The molecule has 1 aromatic rings. The molecule has 8 heteroatoms. The highest BCUT2D eigenvalue weighted by Gasteiger charge is 2.48. The molecule has 1 saturated heterocycles. The molecule has 37 heavy (non-hydrogen) atoms. The van der Waals surface area contributed by atoms with Crippen LogP contribution in [0.3, 0.4) is 0 Å². The third kappa shape index (κ3) is 6.69. The first-order valence-electron chi connectivity index (χ1n) is 14.1. The molecule has 4 rings (SSSR count). The smallest absolute Gasteiger partial charge is 0.253 e. The van der Waals surface area contributed by atoms with Crippen LogP contribution in [0.15, 0.2) is 23.2 Å². The summed E-state index contributed by atoms with van der Waals surface area (Å²) < 4.78 is 27.8. The lowest BCUT2D eigenvalue weighted by Gasteiger charge is -2.34. The molecule has 1 aromatic carbocycles. The molecule has 0 radical (unpaired) electrons. The molecule has 1 aliphatic carbocycles. The van der Waals surface area contributed by atoms with E-state index in [9.17, 15) is 18.0 Å². The Kier molecular flexibility index (Phi) is 8.89. The summed E-state index contributed by atoms with van der Waals surface area (Å²) in [6.45, 7) is 6.42. The third-order valence-corrected chi connectivity index (χ3v) is 10.5. The number of amides is 1. The molecule has 1 amide bonds. The van der Waals surface area contributed by atoms with E-state index >= 15 is 0 Å². The minimum Gasteiger partial charge on any atom is -0.312 e. The molecule has 1 N–H and O–H groups in total. The zero-order valence-electron chi connectivity index (χ0n) is 22.7. The Labute approximate surface area is 222 Å². The van der Waals surface area contributed by atoms with Gasteiger partial charge in [0.2, 0.25) is 10.0 Å². The van der Waals surface area contributed by atoms with E-state index in [0.717, 1.165) is 41.3 Å². The van der Waals surface area contributed by atoms with Gasteiger partial charge in [-0.3, -0.25) is 14.6 Å². The summed E-state index contributed by atoms with van der Waals surface area (Å²) in [4.78, 5) is 29.3. The van der Waals surface area contributed by atoms with Crippen molar-refractivity contribution >= 4 is 27.5 Å². The van der Waals surface area contributed by atoms with Crippen molar-refractivity contribution in [1.82, 2.24) is 9.62 Å². The maximum atomic E-state index is 13.1. The second-order valence-electron chi connectivity index (χ2n) is 11.4. The van der Waals surface area contributed by atoms with Gasteiger partial charge in [0.1, 0.15) is 17.2 Å². The summed E-state index contributed by atoms with van der Waals surface area (Å²) in [7, 11) is -3.44. The van der Waals surface area contributed by atoms with Gasteiger partial charge in [-0.25, -0.2) is 12.7 Å². The van der Waals surface area contributed by atoms with Crippen LogP contribution in [0, 0.1) is 18.8 Å². The number of hydrogen-bond donors (Lipinski definition) is 1. The van der Waals surface area contributed by atoms with Gasteiger partial charge >= 0.3 is 0 Å². The lowest BCUT2D eigenvalue weighted by molar-refractivity contribution is -0.125. The molecule has 7 nitrogen and oxygen atoms in total. The van der Waals surface area contributed by atoms with Gasteiger partial charge in [-0.1, -0.05) is 44.4 Å². The number of benzene rings is 1. The zero-order chi connectivity index (χ0) is 26.6. The van der Waals surface area contributed by atoms with Crippen LogP contribution in [-0.4, -0.2) is 54.6 Å². The van der Waals surface area contributed by atoms with Crippen molar-refractivity contribution in [2.24, 2.45) is 16.8 Å². The maximum Gasteiger partial charge on any atom is 0.253 e. The maximum absolute atomic E-state index is 13.1. The Bertz CT molecular complexity index is 1130. The number of ketones is 1. The SMILES string of the molecule is CCCCC1CCC(C2=NC3(CCN(S(=O)(=O)CCc4ccc(CC(C)=O)cc4C)CC3)C(=O)N2)CC1. The number of aryl methyl sites for hydroxylation is 2. The average Bonchev–Trinajstić information content (AvgIpc) is 3.17. The van der Waals surface area contributed by atoms with Crippen molar-refractivity contribution in [2.75, 3.05) is 18.8 Å². The molecular weight excluding hydrogens is 486 g/mol. The molecule has 0 unspecified atom stereocenters. The van der Waals surface area contributed by atoms with Gasteiger partial charge in [-0.15, -0.1) is 0 Å². The van der Waals surface area contributed by atoms with Crippen molar-refractivity contribution in [1.29, 1.82) is 0 Å². The topological polar surface area (TPSA) is 95.9 Å². The standard InChI is InChI=1S/C29H43N3O4S/c1-4-5-6-23-7-11-26(12-8-23)27-30-28(34)29(31-27)14-16-32(17-15-29)37(35,36)18-13-25-10-9-24(19-21(25)2)20-22(3)33/h9-10,19,23,26H,4-8,11-18,20H2,1-3H3,(H,30,31,34). The number of amidine groups is 1. The van der Waals surface area contributed by atoms with Crippen molar-refractivity contribution in [3.63, 3.8) is 0 Å². The first-order chi connectivity index (χ1) is 17.6. The fourth-order valence-corrected chi connectivity index (χ4v) is 7.70. The molecule has 1 spiro atoms. The van der Waals surface area contributed by atoms with Crippen molar-refractivity contribution in [3.05, 3.63) is 34.9 Å². The number of piperidine rings is 1. The van der Waals surface area contributed by atoms with E-state index in [1.165, 1.54) is 36.4 Å². The number of Topliss-reactive ketones (excluding diaryl/α,β-unsaturated/α-hetero) is 1. The van der Waals surface area contributed by atoms with Gasteiger partial charge in [-0.05, 0) is 81.4 Å². The second kappa shape index (κ2) is 11.8. The van der Waals surface area contributed by atoms with Crippen LogP contribution in [-0.2, 0) is 32.5 Å². The first-order valence-corrected chi connectivity index (χ1v) is 15.7. The monoisotopic (exact) mass is 529 g/mol. The molecule has 3 aliphatic rings. The van der Waals surface area contributed by atoms with E-state index in [4.69, 9.17) is 4.99 Å². The molecule has 2 aliphatic heterocycles. The summed E-state index contributed by atoms with van der Waals surface area (Å²) in [5, 5.41) is 3.09. The molecule has 204 valence electrons. The lowest BCUT2D eigenvalue weighted by Crippen LogP contribution is -2.51. The Hall–Kier alpha value is -2.06. The largest absolute Gasteiger partial charge is 0.312 e. The highest BCUT2D eigenvalue weighted by molar-refractivity contribution is 7.89. The Balaban J connectivity index is 1.31. The molecule has 2 fully saturated rings. The summed E-state index contributed by atoms with van der Waals surface area (Å²) in [5.41, 5.74) is 2.15. The van der Waals surface area contributed by atoms with Gasteiger partial charge in [0.25, 0.3) is 5.91 Å². The first kappa shape index (κ1) is 28.0. The number of nitrogens with one attached hydrogen (secondary N) is 1. The molecule has 0 bridgehead atoms. The van der Waals surface area contributed by atoms with E-state index in [0.29, 0.717) is 44.7 Å². The Morgan fingerprint density at radius 2 is 1.86 bits per heavy atom. The number of carbonyl (C=O) groups is 2. The quantitative estimate of drug-likeness (QED) is 0.487. The van der Waals surface area contributed by atoms with Crippen LogP contribution in [0.2, 0.25) is 0 Å². The molecule has 2 heterocycles. The van der Waals surface area contributed by atoms with E-state index in [1.54, 1.807) is 6.92 Å². The van der Waals surface area contributed by atoms with Crippen LogP contribution < -0.4 is 5.32 Å². The number of unbranched alkanes of at least 4 members (excludes halogenated alkanes) is 1. The summed E-state index contributed by atoms with van der Waals surface area (Å²) in [6, 6.07) is 5.82. The normalized spacial score (nSPS) is 24.2. The predicted octanol–water partition coefficient (Wildman–Crippen LogP) is 4.36. The zero-order valence-corrected chi connectivity index (χ0v) is 23.5. The van der Waals surface area contributed by atoms with Crippen LogP contribution in [0.25, 0.3) is 0 Å². The lowest BCUT2D eigenvalue weighted by atomic mass is 9.79. The van der Waals surface area contributed by atoms with Crippen molar-refractivity contribution < 1.29 is 18.0 Å². The number of rotatable bonds is 10. The van der Waals surface area contributed by atoms with E-state index in [1.807, 2.05) is 25.1 Å². The molecule has 0 atom stereocenters. The van der Waals surface area contributed by atoms with Gasteiger partial charge in [0.05, 0.1) is 5.75 Å². The fraction of sp³-hybridized carbons (Fsp3) is 0.690. The van der Waals surface area contributed by atoms with Crippen molar-refractivity contribution in [3.8, 4) is 0 Å². The Morgan fingerprint density at radius 3 is 2.49 bits per heavy atom. The number of hydrogen-bond acceptors (Lipinski definition) is 5. The minimum atomic E-state index is -3.44. The van der Waals surface area contributed by atoms with E-state index in [2.05, 4.69) is 12.2 Å². The Morgan fingerprint density at radius 1 is 1.16 bits per heavy atom.